The van der Waals surface area contributed by atoms with Crippen LogP contribution in [0.4, 0.5) is 11.4 Å². The first-order chi connectivity index (χ1) is 17.1. The molecule has 0 saturated carbocycles. The Kier molecular flexibility index (Phi) is 7.63. The molecule has 4 rings (SSSR count). The molecule has 1 heterocycles. The van der Waals surface area contributed by atoms with Gasteiger partial charge in [0.15, 0.2) is 0 Å². The Balaban J connectivity index is 1.50. The predicted octanol–water partition coefficient (Wildman–Crippen LogP) is 4.17. The lowest BCUT2D eigenvalue weighted by atomic mass is 10.0. The summed E-state index contributed by atoms with van der Waals surface area (Å²) in [5.74, 6) is 0.151. The van der Waals surface area contributed by atoms with Crippen LogP contribution in [0.2, 0.25) is 5.02 Å². The standard InChI is InChI=1S/C26H26ClN3O5S/c1-35-22-11-6-19(7-12-22)26(32)30-14-13-18-5-10-21(15-24(18)30)28-25(31)16-23(29-36(2,33)34)17-3-8-20(27)9-4-17/h3-12,15,23,29H,13-14,16H2,1-2H3,(H,28,31)/t23-/m1/s1. The van der Waals surface area contributed by atoms with Gasteiger partial charge in [-0.25, -0.2) is 13.1 Å². The second-order valence-electron chi connectivity index (χ2n) is 8.53. The van der Waals surface area contributed by atoms with Crippen molar-refractivity contribution in [3.05, 3.63) is 88.4 Å². The van der Waals surface area contributed by atoms with Crippen molar-refractivity contribution >= 4 is 44.8 Å². The van der Waals surface area contributed by atoms with Crippen LogP contribution in [0.3, 0.4) is 0 Å². The molecule has 2 amide bonds. The first-order valence-electron chi connectivity index (χ1n) is 11.2. The van der Waals surface area contributed by atoms with Crippen molar-refractivity contribution in [2.45, 2.75) is 18.9 Å². The molecule has 0 aliphatic carbocycles. The lowest BCUT2D eigenvalue weighted by Crippen LogP contribution is -2.31. The molecule has 36 heavy (non-hydrogen) atoms. The third-order valence-corrected chi connectivity index (χ3v) is 6.83. The fourth-order valence-corrected chi connectivity index (χ4v) is 5.00. The molecule has 3 aromatic rings. The number of ether oxygens (including phenoxy) is 1. The van der Waals surface area contributed by atoms with Crippen LogP contribution in [-0.2, 0) is 21.2 Å². The van der Waals surface area contributed by atoms with Gasteiger partial charge in [0.25, 0.3) is 5.91 Å². The average Bonchev–Trinajstić information content (AvgIpc) is 3.26. The number of carbonyl (C=O) groups is 2. The van der Waals surface area contributed by atoms with Crippen molar-refractivity contribution < 1.29 is 22.7 Å². The second-order valence-corrected chi connectivity index (χ2v) is 10.7. The van der Waals surface area contributed by atoms with E-state index in [9.17, 15) is 18.0 Å². The monoisotopic (exact) mass is 527 g/mol. The van der Waals surface area contributed by atoms with Crippen LogP contribution >= 0.6 is 11.6 Å². The van der Waals surface area contributed by atoms with Crippen LogP contribution < -0.4 is 19.7 Å². The Labute approximate surface area is 215 Å². The molecule has 10 heteroatoms. The van der Waals surface area contributed by atoms with Gasteiger partial charge in [-0.15, -0.1) is 0 Å². The second kappa shape index (κ2) is 10.7. The molecule has 0 unspecified atom stereocenters. The van der Waals surface area contributed by atoms with E-state index in [-0.39, 0.29) is 18.2 Å². The summed E-state index contributed by atoms with van der Waals surface area (Å²) in [4.78, 5) is 27.7. The largest absolute Gasteiger partial charge is 0.497 e. The van der Waals surface area contributed by atoms with E-state index in [1.807, 2.05) is 6.07 Å². The third-order valence-electron chi connectivity index (χ3n) is 5.86. The van der Waals surface area contributed by atoms with E-state index in [2.05, 4.69) is 10.0 Å². The van der Waals surface area contributed by atoms with Crippen molar-refractivity contribution in [2.75, 3.05) is 30.1 Å². The van der Waals surface area contributed by atoms with Crippen LogP contribution in [0.15, 0.2) is 66.7 Å². The molecule has 8 nitrogen and oxygen atoms in total. The molecule has 0 fully saturated rings. The predicted molar refractivity (Wildman–Crippen MR) is 140 cm³/mol. The number of amides is 2. The Bertz CT molecular complexity index is 1380. The number of sulfonamides is 1. The third kappa shape index (κ3) is 6.23. The summed E-state index contributed by atoms with van der Waals surface area (Å²) in [5, 5.41) is 3.34. The normalized spacial score (nSPS) is 13.7. The van der Waals surface area contributed by atoms with Crippen molar-refractivity contribution in [3.63, 3.8) is 0 Å². The number of fused-ring (bicyclic) bond motifs is 1. The van der Waals surface area contributed by atoms with Crippen molar-refractivity contribution in [2.24, 2.45) is 0 Å². The first-order valence-corrected chi connectivity index (χ1v) is 13.5. The van der Waals surface area contributed by atoms with Crippen molar-refractivity contribution in [1.29, 1.82) is 0 Å². The summed E-state index contributed by atoms with van der Waals surface area (Å²) in [6.07, 6.45) is 1.63. The maximum Gasteiger partial charge on any atom is 0.258 e. The molecule has 1 aliphatic rings. The van der Waals surface area contributed by atoms with Gasteiger partial charge in [-0.1, -0.05) is 29.8 Å². The van der Waals surface area contributed by atoms with Crippen molar-refractivity contribution in [3.8, 4) is 5.75 Å². The van der Waals surface area contributed by atoms with Gasteiger partial charge in [0.2, 0.25) is 15.9 Å². The minimum atomic E-state index is -3.57. The Morgan fingerprint density at radius 1 is 1.06 bits per heavy atom. The van der Waals surface area contributed by atoms with E-state index in [1.165, 1.54) is 0 Å². The first kappa shape index (κ1) is 25.7. The van der Waals surface area contributed by atoms with Crippen LogP contribution in [-0.4, -0.2) is 40.1 Å². The highest BCUT2D eigenvalue weighted by Gasteiger charge is 2.26. The molecule has 0 bridgehead atoms. The quantitative estimate of drug-likeness (QED) is 0.457. The summed E-state index contributed by atoms with van der Waals surface area (Å²) in [6, 6.07) is 18.2. The smallest absolute Gasteiger partial charge is 0.258 e. The van der Waals surface area contributed by atoms with Gasteiger partial charge in [0.1, 0.15) is 5.75 Å². The molecule has 188 valence electrons. The van der Waals surface area contributed by atoms with E-state index in [1.54, 1.807) is 72.7 Å². The van der Waals surface area contributed by atoms with Crippen LogP contribution in [0.5, 0.6) is 5.75 Å². The molecular formula is C26H26ClN3O5S. The molecule has 0 saturated heterocycles. The fourth-order valence-electron chi connectivity index (χ4n) is 4.14. The summed E-state index contributed by atoms with van der Waals surface area (Å²) in [7, 11) is -2.00. The number of rotatable bonds is 8. The summed E-state index contributed by atoms with van der Waals surface area (Å²) < 4.78 is 31.4. The molecule has 3 aromatic carbocycles. The zero-order valence-corrected chi connectivity index (χ0v) is 21.4. The molecule has 0 aromatic heterocycles. The van der Waals surface area contributed by atoms with Crippen LogP contribution in [0.25, 0.3) is 0 Å². The number of nitrogens with zero attached hydrogens (tertiary/aromatic N) is 1. The zero-order valence-electron chi connectivity index (χ0n) is 19.8. The minimum absolute atomic E-state index is 0.125. The summed E-state index contributed by atoms with van der Waals surface area (Å²) in [5.41, 5.74) is 3.41. The molecule has 1 atom stereocenters. The number of hydrogen-bond donors (Lipinski definition) is 2. The average molecular weight is 528 g/mol. The lowest BCUT2D eigenvalue weighted by molar-refractivity contribution is -0.116. The molecule has 1 aliphatic heterocycles. The number of benzene rings is 3. The van der Waals surface area contributed by atoms with E-state index in [0.717, 1.165) is 17.5 Å². The molecule has 0 spiro atoms. The number of hydrogen-bond acceptors (Lipinski definition) is 5. The van der Waals surface area contributed by atoms with Crippen molar-refractivity contribution in [1.82, 2.24) is 4.72 Å². The number of carbonyl (C=O) groups excluding carboxylic acids is 2. The zero-order chi connectivity index (χ0) is 25.9. The van der Waals surface area contributed by atoms with Crippen LogP contribution in [0, 0.1) is 0 Å². The molecule has 2 N–H and O–H groups in total. The number of methoxy groups -OCH3 is 1. The SMILES string of the molecule is COc1ccc(C(=O)N2CCc3ccc(NC(=O)C[C@@H](NS(C)(=O)=O)c4ccc(Cl)cc4)cc32)cc1. The fraction of sp³-hybridized carbons (Fsp3) is 0.231. The van der Waals surface area contributed by atoms with Gasteiger partial charge in [0, 0.05) is 34.9 Å². The van der Waals surface area contributed by atoms with E-state index in [0.29, 0.717) is 40.6 Å². The van der Waals surface area contributed by atoms with Gasteiger partial charge < -0.3 is 15.0 Å². The maximum absolute atomic E-state index is 13.1. The van der Waals surface area contributed by atoms with Gasteiger partial charge in [0.05, 0.1) is 19.4 Å². The molecular weight excluding hydrogens is 502 g/mol. The van der Waals surface area contributed by atoms with E-state index < -0.39 is 16.1 Å². The Hall–Kier alpha value is -3.40. The Morgan fingerprint density at radius 3 is 2.39 bits per heavy atom. The summed E-state index contributed by atoms with van der Waals surface area (Å²) in [6.45, 7) is 0.536. The summed E-state index contributed by atoms with van der Waals surface area (Å²) >= 11 is 5.94. The number of nitrogens with one attached hydrogen (secondary N) is 2. The minimum Gasteiger partial charge on any atom is -0.497 e. The Morgan fingerprint density at radius 2 is 1.75 bits per heavy atom. The van der Waals surface area contributed by atoms with E-state index >= 15 is 0 Å². The topological polar surface area (TPSA) is 105 Å². The van der Waals surface area contributed by atoms with Gasteiger partial charge in [-0.3, -0.25) is 9.59 Å². The van der Waals surface area contributed by atoms with E-state index in [4.69, 9.17) is 16.3 Å². The highest BCUT2D eigenvalue weighted by molar-refractivity contribution is 7.88. The number of halogens is 1. The lowest BCUT2D eigenvalue weighted by Gasteiger charge is -2.20. The maximum atomic E-state index is 13.1. The molecule has 0 radical (unpaired) electrons. The highest BCUT2D eigenvalue weighted by atomic mass is 35.5. The number of anilines is 2. The van der Waals surface area contributed by atoms with Gasteiger partial charge in [-0.05, 0) is 66.1 Å². The van der Waals surface area contributed by atoms with Crippen LogP contribution in [0.1, 0.15) is 33.9 Å². The van der Waals surface area contributed by atoms with Gasteiger partial charge >= 0.3 is 0 Å². The highest BCUT2D eigenvalue weighted by Crippen LogP contribution is 2.32. The van der Waals surface area contributed by atoms with Gasteiger partial charge in [-0.2, -0.15) is 0 Å².